The van der Waals surface area contributed by atoms with Gasteiger partial charge < -0.3 is 15.4 Å². The minimum Gasteiger partial charge on any atom is -0.497 e. The van der Waals surface area contributed by atoms with E-state index in [1.807, 2.05) is 31.2 Å². The molecule has 140 valence electrons. The molecule has 0 aliphatic heterocycles. The van der Waals surface area contributed by atoms with Crippen LogP contribution >= 0.6 is 0 Å². The molecule has 26 heavy (non-hydrogen) atoms. The molecule has 0 bridgehead atoms. The van der Waals surface area contributed by atoms with Crippen molar-refractivity contribution in [2.24, 2.45) is 0 Å². The number of rotatable bonds is 8. The van der Waals surface area contributed by atoms with Crippen molar-refractivity contribution in [3.05, 3.63) is 59.7 Å². The quantitative estimate of drug-likeness (QED) is 0.755. The van der Waals surface area contributed by atoms with Crippen LogP contribution in [0, 0.1) is 0 Å². The molecule has 0 heterocycles. The molecular weight excluding hydrogens is 324 g/mol. The van der Waals surface area contributed by atoms with Gasteiger partial charge in [-0.25, -0.2) is 0 Å². The van der Waals surface area contributed by atoms with Crippen LogP contribution in [0.3, 0.4) is 0 Å². The van der Waals surface area contributed by atoms with E-state index >= 15 is 0 Å². The zero-order chi connectivity index (χ0) is 19.1. The summed E-state index contributed by atoms with van der Waals surface area (Å²) in [5.74, 6) is 1.36. The number of hydrogen-bond donors (Lipinski definition) is 2. The first-order valence-electron chi connectivity index (χ1n) is 9.34. The minimum absolute atomic E-state index is 0.0225. The number of hydrogen-bond acceptors (Lipinski definition) is 2. The maximum atomic E-state index is 12.6. The van der Waals surface area contributed by atoms with Gasteiger partial charge in [0.25, 0.3) is 5.91 Å². The van der Waals surface area contributed by atoms with Gasteiger partial charge in [0.2, 0.25) is 0 Å². The van der Waals surface area contributed by atoms with Crippen molar-refractivity contribution in [1.82, 2.24) is 0 Å². The van der Waals surface area contributed by atoms with Crippen LogP contribution < -0.4 is 15.4 Å². The molecule has 0 saturated heterocycles. The van der Waals surface area contributed by atoms with Gasteiger partial charge in [0.05, 0.1) is 7.11 Å². The highest BCUT2D eigenvalue weighted by molar-refractivity contribution is 5.93. The van der Waals surface area contributed by atoms with E-state index in [2.05, 4.69) is 55.7 Å². The summed E-state index contributed by atoms with van der Waals surface area (Å²) in [5, 5.41) is 5.14. The molecule has 0 radical (unpaired) electrons. The summed E-state index contributed by atoms with van der Waals surface area (Å²) in [6, 6.07) is 16.2. The first-order valence-corrected chi connectivity index (χ1v) is 9.34. The third kappa shape index (κ3) is 5.33. The average Bonchev–Trinajstić information content (AvgIpc) is 2.66. The van der Waals surface area contributed by atoms with Crippen LogP contribution in [0.1, 0.15) is 57.2 Å². The first-order chi connectivity index (χ1) is 12.4. The highest BCUT2D eigenvalue weighted by Crippen LogP contribution is 2.18. The second kappa shape index (κ2) is 9.39. The summed E-state index contributed by atoms with van der Waals surface area (Å²) in [4.78, 5) is 12.6. The van der Waals surface area contributed by atoms with Crippen LogP contribution in [-0.2, 0) is 4.79 Å². The van der Waals surface area contributed by atoms with Crippen molar-refractivity contribution >= 4 is 11.6 Å². The number of quaternary nitrogens is 1. The number of methoxy groups -OCH3 is 1. The number of carbonyl (C=O) groups is 1. The average molecular weight is 356 g/mol. The topological polar surface area (TPSA) is 54.9 Å². The third-order valence-corrected chi connectivity index (χ3v) is 4.76. The molecule has 4 nitrogen and oxygen atoms in total. The van der Waals surface area contributed by atoms with E-state index in [1.54, 1.807) is 7.11 Å². The molecular formula is C22H31N2O2+. The van der Waals surface area contributed by atoms with E-state index in [1.165, 1.54) is 11.1 Å². The molecule has 2 aromatic carbocycles. The number of amides is 1. The molecule has 4 heteroatoms. The Morgan fingerprint density at radius 1 is 1.00 bits per heavy atom. The fraction of sp³-hybridized carbons (Fsp3) is 0.409. The Morgan fingerprint density at radius 3 is 2.08 bits per heavy atom. The van der Waals surface area contributed by atoms with Gasteiger partial charge in [-0.15, -0.1) is 0 Å². The van der Waals surface area contributed by atoms with Gasteiger partial charge >= 0.3 is 0 Å². The van der Waals surface area contributed by atoms with E-state index in [9.17, 15) is 4.79 Å². The lowest BCUT2D eigenvalue weighted by Crippen LogP contribution is -2.92. The van der Waals surface area contributed by atoms with Gasteiger partial charge in [-0.3, -0.25) is 4.79 Å². The molecule has 2 rings (SSSR count). The van der Waals surface area contributed by atoms with Crippen molar-refractivity contribution in [2.45, 2.75) is 52.1 Å². The van der Waals surface area contributed by atoms with Crippen LogP contribution in [0.25, 0.3) is 0 Å². The number of anilines is 1. The standard InChI is InChI=1S/C22H30N2O2/c1-6-21(18-9-13-20(26-5)14-10-18)23-16(4)22(25)24-19-11-7-17(8-12-19)15(2)3/h7-16,21,23H,6H2,1-5H3,(H,24,25)/p+1/t16-,21-/m0/s1. The number of carbonyl (C=O) groups excluding carboxylic acids is 1. The fourth-order valence-corrected chi connectivity index (χ4v) is 2.98. The summed E-state index contributed by atoms with van der Waals surface area (Å²) in [6.45, 7) is 8.41. The lowest BCUT2D eigenvalue weighted by atomic mass is 10.0. The minimum atomic E-state index is -0.174. The number of nitrogens with two attached hydrogens (primary N) is 1. The van der Waals surface area contributed by atoms with Crippen LogP contribution in [0.2, 0.25) is 0 Å². The smallest absolute Gasteiger partial charge is 0.282 e. The van der Waals surface area contributed by atoms with Crippen LogP contribution in [0.5, 0.6) is 5.75 Å². The molecule has 2 atom stereocenters. The Morgan fingerprint density at radius 2 is 1.58 bits per heavy atom. The van der Waals surface area contributed by atoms with E-state index in [-0.39, 0.29) is 18.0 Å². The Labute approximate surface area is 157 Å². The lowest BCUT2D eigenvalue weighted by Gasteiger charge is -2.19. The molecule has 0 aliphatic rings. The molecule has 0 aliphatic carbocycles. The lowest BCUT2D eigenvalue weighted by molar-refractivity contribution is -0.713. The summed E-state index contributed by atoms with van der Waals surface area (Å²) in [7, 11) is 1.67. The first kappa shape index (κ1) is 20.0. The molecule has 0 unspecified atom stereocenters. The highest BCUT2D eigenvalue weighted by atomic mass is 16.5. The van der Waals surface area contributed by atoms with E-state index in [0.29, 0.717) is 5.92 Å². The molecule has 1 amide bonds. The molecule has 0 fully saturated rings. The van der Waals surface area contributed by atoms with Gasteiger partial charge in [0.1, 0.15) is 11.8 Å². The van der Waals surface area contributed by atoms with Crippen molar-refractivity contribution in [3.8, 4) is 5.75 Å². The van der Waals surface area contributed by atoms with Crippen LogP contribution in [0.15, 0.2) is 48.5 Å². The second-order valence-electron chi connectivity index (χ2n) is 7.03. The Hall–Kier alpha value is -2.33. The normalized spacial score (nSPS) is 13.3. The van der Waals surface area contributed by atoms with Gasteiger partial charge in [-0.1, -0.05) is 32.9 Å². The Balaban J connectivity index is 1.97. The SMILES string of the molecule is CC[C@H]([NH2+][C@@H](C)C(=O)Nc1ccc(C(C)C)cc1)c1ccc(OC)cc1. The van der Waals surface area contributed by atoms with Gasteiger partial charge in [0.15, 0.2) is 6.04 Å². The predicted molar refractivity (Wildman–Crippen MR) is 107 cm³/mol. The van der Waals surface area contributed by atoms with Gasteiger partial charge in [0, 0.05) is 17.7 Å². The molecule has 2 aromatic rings. The molecule has 0 saturated carbocycles. The Bertz CT molecular complexity index is 693. The van der Waals surface area contributed by atoms with Crippen molar-refractivity contribution in [2.75, 3.05) is 12.4 Å². The molecule has 0 spiro atoms. The third-order valence-electron chi connectivity index (χ3n) is 4.76. The maximum Gasteiger partial charge on any atom is 0.282 e. The van der Waals surface area contributed by atoms with Gasteiger partial charge in [-0.2, -0.15) is 0 Å². The highest BCUT2D eigenvalue weighted by Gasteiger charge is 2.22. The van der Waals surface area contributed by atoms with Crippen LogP contribution in [-0.4, -0.2) is 19.1 Å². The van der Waals surface area contributed by atoms with Crippen molar-refractivity contribution in [1.29, 1.82) is 0 Å². The van der Waals surface area contributed by atoms with E-state index in [0.717, 1.165) is 17.9 Å². The summed E-state index contributed by atoms with van der Waals surface area (Å²) >= 11 is 0. The summed E-state index contributed by atoms with van der Waals surface area (Å²) < 4.78 is 5.22. The Kier molecular flexibility index (Phi) is 7.22. The molecule has 3 N–H and O–H groups in total. The number of ether oxygens (including phenoxy) is 1. The fourth-order valence-electron chi connectivity index (χ4n) is 2.98. The number of nitrogens with one attached hydrogen (secondary N) is 1. The molecule has 0 aromatic heterocycles. The second-order valence-corrected chi connectivity index (χ2v) is 7.03. The predicted octanol–water partition coefficient (Wildman–Crippen LogP) is 3.86. The van der Waals surface area contributed by atoms with E-state index in [4.69, 9.17) is 4.74 Å². The summed E-state index contributed by atoms with van der Waals surface area (Å²) in [6.07, 6.45) is 0.951. The number of benzene rings is 2. The zero-order valence-electron chi connectivity index (χ0n) is 16.5. The zero-order valence-corrected chi connectivity index (χ0v) is 16.5. The van der Waals surface area contributed by atoms with Crippen molar-refractivity contribution in [3.63, 3.8) is 0 Å². The maximum absolute atomic E-state index is 12.6. The van der Waals surface area contributed by atoms with Gasteiger partial charge in [-0.05, 0) is 54.8 Å². The van der Waals surface area contributed by atoms with Crippen LogP contribution in [0.4, 0.5) is 5.69 Å². The summed E-state index contributed by atoms with van der Waals surface area (Å²) in [5.41, 5.74) is 3.32. The monoisotopic (exact) mass is 355 g/mol. The van der Waals surface area contributed by atoms with E-state index < -0.39 is 0 Å². The van der Waals surface area contributed by atoms with Crippen molar-refractivity contribution < 1.29 is 14.8 Å². The largest absolute Gasteiger partial charge is 0.497 e.